The molecule has 2 rings (SSSR count). The van der Waals surface area contributed by atoms with Gasteiger partial charge in [-0.1, -0.05) is 37.3 Å². The summed E-state index contributed by atoms with van der Waals surface area (Å²) >= 11 is 0. The number of hydrogen-bond acceptors (Lipinski definition) is 3. The molecule has 1 aromatic carbocycles. The van der Waals surface area contributed by atoms with Gasteiger partial charge in [0.1, 0.15) is 9.84 Å². The molecule has 3 nitrogen and oxygen atoms in total. The van der Waals surface area contributed by atoms with E-state index in [2.05, 4.69) is 29.6 Å². The van der Waals surface area contributed by atoms with Gasteiger partial charge in [-0.25, -0.2) is 8.42 Å². The lowest BCUT2D eigenvalue weighted by molar-refractivity contribution is 0.437. The average Bonchev–Trinajstić information content (AvgIpc) is 3.30. The van der Waals surface area contributed by atoms with E-state index in [4.69, 9.17) is 0 Å². The summed E-state index contributed by atoms with van der Waals surface area (Å²) in [5.74, 6) is 1.12. The van der Waals surface area contributed by atoms with E-state index in [0.29, 0.717) is 17.7 Å². The summed E-state index contributed by atoms with van der Waals surface area (Å²) in [6.07, 6.45) is 5.38. The fourth-order valence-electron chi connectivity index (χ4n) is 2.58. The van der Waals surface area contributed by atoms with Gasteiger partial charge in [0.05, 0.1) is 5.75 Å². The monoisotopic (exact) mass is 309 g/mol. The quantitative estimate of drug-likeness (QED) is 0.723. The molecule has 0 spiro atoms. The molecule has 1 aliphatic rings. The van der Waals surface area contributed by atoms with Crippen molar-refractivity contribution in [1.29, 1.82) is 0 Å². The van der Waals surface area contributed by atoms with Crippen molar-refractivity contribution in [3.05, 3.63) is 35.9 Å². The minimum Gasteiger partial charge on any atom is -0.314 e. The molecule has 4 heteroatoms. The highest BCUT2D eigenvalue weighted by Crippen LogP contribution is 2.21. The highest BCUT2D eigenvalue weighted by molar-refractivity contribution is 7.91. The molecule has 1 saturated carbocycles. The van der Waals surface area contributed by atoms with Crippen LogP contribution >= 0.6 is 0 Å². The zero-order valence-corrected chi connectivity index (χ0v) is 13.7. The normalized spacial score (nSPS) is 16.8. The van der Waals surface area contributed by atoms with Crippen LogP contribution < -0.4 is 5.32 Å². The van der Waals surface area contributed by atoms with Crippen LogP contribution in [0.25, 0.3) is 0 Å². The van der Waals surface area contributed by atoms with Gasteiger partial charge in [-0.15, -0.1) is 0 Å². The molecule has 0 amide bonds. The fraction of sp³-hybridized carbons (Fsp3) is 0.647. The Morgan fingerprint density at radius 3 is 2.57 bits per heavy atom. The second-order valence-electron chi connectivity index (χ2n) is 6.12. The SMILES string of the molecule is CCS(=O)(=O)CCCC(CNC1CC1)Cc1ccccc1. The van der Waals surface area contributed by atoms with Crippen LogP contribution in [0.15, 0.2) is 30.3 Å². The summed E-state index contributed by atoms with van der Waals surface area (Å²) in [7, 11) is -2.83. The van der Waals surface area contributed by atoms with Gasteiger partial charge in [-0.2, -0.15) is 0 Å². The molecule has 0 heterocycles. The van der Waals surface area contributed by atoms with E-state index in [-0.39, 0.29) is 5.75 Å². The van der Waals surface area contributed by atoms with Crippen molar-refractivity contribution in [3.63, 3.8) is 0 Å². The van der Waals surface area contributed by atoms with Gasteiger partial charge < -0.3 is 5.32 Å². The molecule has 118 valence electrons. The first kappa shape index (κ1) is 16.5. The molecule has 1 atom stereocenters. The Morgan fingerprint density at radius 1 is 1.24 bits per heavy atom. The zero-order valence-electron chi connectivity index (χ0n) is 12.9. The maximum Gasteiger partial charge on any atom is 0.150 e. The minimum absolute atomic E-state index is 0.261. The number of benzene rings is 1. The molecule has 1 fully saturated rings. The summed E-state index contributed by atoms with van der Waals surface area (Å²) in [6.45, 7) is 2.73. The van der Waals surface area contributed by atoms with E-state index < -0.39 is 9.84 Å². The predicted molar refractivity (Wildman–Crippen MR) is 88.2 cm³/mol. The summed E-state index contributed by atoms with van der Waals surface area (Å²) in [4.78, 5) is 0. The maximum absolute atomic E-state index is 11.6. The Hall–Kier alpha value is -0.870. The van der Waals surface area contributed by atoms with E-state index in [1.54, 1.807) is 6.92 Å². The van der Waals surface area contributed by atoms with Crippen LogP contribution in [0.2, 0.25) is 0 Å². The fourth-order valence-corrected chi connectivity index (χ4v) is 3.48. The van der Waals surface area contributed by atoms with Gasteiger partial charge >= 0.3 is 0 Å². The molecule has 0 aromatic heterocycles. The lowest BCUT2D eigenvalue weighted by Gasteiger charge is -2.18. The third kappa shape index (κ3) is 6.62. The topological polar surface area (TPSA) is 46.2 Å². The molecule has 1 aliphatic carbocycles. The third-order valence-electron chi connectivity index (χ3n) is 4.15. The van der Waals surface area contributed by atoms with Gasteiger partial charge in [-0.05, 0) is 50.1 Å². The smallest absolute Gasteiger partial charge is 0.150 e. The van der Waals surface area contributed by atoms with Crippen LogP contribution in [-0.4, -0.2) is 32.5 Å². The number of rotatable bonds is 10. The molecule has 1 aromatic rings. The minimum atomic E-state index is -2.83. The summed E-state index contributed by atoms with van der Waals surface area (Å²) in [5.41, 5.74) is 1.35. The highest BCUT2D eigenvalue weighted by Gasteiger charge is 2.22. The van der Waals surface area contributed by atoms with Crippen LogP contribution in [0.4, 0.5) is 0 Å². The standard InChI is InChI=1S/C17H27NO2S/c1-2-21(19,20)12-6-9-16(14-18-17-10-11-17)13-15-7-4-3-5-8-15/h3-5,7-8,16-18H,2,6,9-14H2,1H3. The Kier molecular flexibility index (Phi) is 6.24. The third-order valence-corrected chi connectivity index (χ3v) is 5.94. The number of nitrogens with one attached hydrogen (secondary N) is 1. The van der Waals surface area contributed by atoms with E-state index in [0.717, 1.165) is 25.8 Å². The first-order valence-corrected chi connectivity index (χ1v) is 9.89. The van der Waals surface area contributed by atoms with E-state index in [9.17, 15) is 8.42 Å². The second kappa shape index (κ2) is 7.95. The average molecular weight is 309 g/mol. The summed E-state index contributed by atoms with van der Waals surface area (Å²) < 4.78 is 23.2. The zero-order chi connectivity index (χ0) is 15.1. The highest BCUT2D eigenvalue weighted by atomic mass is 32.2. The van der Waals surface area contributed by atoms with Crippen molar-refractivity contribution < 1.29 is 8.42 Å². The van der Waals surface area contributed by atoms with E-state index in [1.165, 1.54) is 18.4 Å². The van der Waals surface area contributed by atoms with Crippen molar-refractivity contribution in [2.45, 2.75) is 45.1 Å². The molecule has 1 unspecified atom stereocenters. The molecule has 0 aliphatic heterocycles. The second-order valence-corrected chi connectivity index (χ2v) is 8.59. The predicted octanol–water partition coefficient (Wildman–Crippen LogP) is 2.81. The Balaban J connectivity index is 1.82. The van der Waals surface area contributed by atoms with Gasteiger partial charge in [0.2, 0.25) is 0 Å². The molecular weight excluding hydrogens is 282 g/mol. The van der Waals surface area contributed by atoms with Crippen molar-refractivity contribution in [1.82, 2.24) is 5.32 Å². The molecular formula is C17H27NO2S. The van der Waals surface area contributed by atoms with Crippen LogP contribution in [-0.2, 0) is 16.3 Å². The first-order chi connectivity index (χ1) is 10.1. The van der Waals surface area contributed by atoms with Gasteiger partial charge in [0.15, 0.2) is 0 Å². The molecule has 0 saturated heterocycles. The maximum atomic E-state index is 11.6. The lowest BCUT2D eigenvalue weighted by Crippen LogP contribution is -2.26. The van der Waals surface area contributed by atoms with Gasteiger partial charge in [0.25, 0.3) is 0 Å². The Labute approximate surface area is 129 Å². The van der Waals surface area contributed by atoms with E-state index in [1.807, 2.05) is 6.07 Å². The van der Waals surface area contributed by atoms with Crippen molar-refractivity contribution in [2.24, 2.45) is 5.92 Å². The van der Waals surface area contributed by atoms with Crippen LogP contribution in [0.1, 0.15) is 38.2 Å². The Morgan fingerprint density at radius 2 is 1.95 bits per heavy atom. The summed E-state index contributed by atoms with van der Waals surface area (Å²) in [6, 6.07) is 11.2. The largest absolute Gasteiger partial charge is 0.314 e. The molecule has 1 N–H and O–H groups in total. The van der Waals surface area contributed by atoms with Gasteiger partial charge in [0, 0.05) is 11.8 Å². The summed E-state index contributed by atoms with van der Waals surface area (Å²) in [5, 5.41) is 3.59. The van der Waals surface area contributed by atoms with Crippen molar-refractivity contribution >= 4 is 9.84 Å². The Bertz CT molecular complexity index is 509. The van der Waals surface area contributed by atoms with Crippen LogP contribution in [0, 0.1) is 5.92 Å². The molecule has 0 bridgehead atoms. The van der Waals surface area contributed by atoms with E-state index >= 15 is 0 Å². The number of sulfone groups is 1. The van der Waals surface area contributed by atoms with Crippen LogP contribution in [0.5, 0.6) is 0 Å². The van der Waals surface area contributed by atoms with Gasteiger partial charge in [-0.3, -0.25) is 0 Å². The number of hydrogen-bond donors (Lipinski definition) is 1. The van der Waals surface area contributed by atoms with Crippen molar-refractivity contribution in [2.75, 3.05) is 18.1 Å². The molecule has 0 radical (unpaired) electrons. The first-order valence-electron chi connectivity index (χ1n) is 8.07. The lowest BCUT2D eigenvalue weighted by atomic mass is 9.95. The van der Waals surface area contributed by atoms with Crippen molar-refractivity contribution in [3.8, 4) is 0 Å². The molecule has 21 heavy (non-hydrogen) atoms. The van der Waals surface area contributed by atoms with Crippen LogP contribution in [0.3, 0.4) is 0 Å².